The number of rotatable bonds is 8. The topological polar surface area (TPSA) is 104 Å². The van der Waals surface area contributed by atoms with Crippen molar-refractivity contribution in [2.45, 2.75) is 38.7 Å². The zero-order chi connectivity index (χ0) is 22.5. The number of carbonyl (C=O) groups excluding carboxylic acids is 3. The molecule has 0 radical (unpaired) electrons. The van der Waals surface area contributed by atoms with E-state index in [2.05, 4.69) is 0 Å². The Hall–Kier alpha value is -3.00. The average Bonchev–Trinajstić information content (AvgIpc) is 2.65. The van der Waals surface area contributed by atoms with Crippen molar-refractivity contribution in [3.8, 4) is 5.75 Å². The minimum Gasteiger partial charge on any atom is -0.462 e. The van der Waals surface area contributed by atoms with E-state index in [1.165, 1.54) is 45.0 Å². The lowest BCUT2D eigenvalue weighted by Gasteiger charge is -2.23. The molecule has 0 amide bonds. The van der Waals surface area contributed by atoms with Crippen molar-refractivity contribution in [3.05, 3.63) is 59.7 Å². The minimum absolute atomic E-state index is 0.0164. The molecule has 2 rings (SSSR count). The number of Topliss-reactive ketones (excluding diaryl/α,β-unsaturated/α-hetero) is 1. The molecule has 2 atom stereocenters. The predicted octanol–water partition coefficient (Wildman–Crippen LogP) is 3.14. The Morgan fingerprint density at radius 3 is 2.10 bits per heavy atom. The summed E-state index contributed by atoms with van der Waals surface area (Å²) in [5, 5.41) is 0. The molecule has 0 aliphatic rings. The summed E-state index contributed by atoms with van der Waals surface area (Å²) in [4.78, 5) is 36.2. The summed E-state index contributed by atoms with van der Waals surface area (Å²) < 4.78 is 36.2. The highest BCUT2D eigenvalue weighted by Crippen LogP contribution is 2.27. The molecule has 8 heteroatoms. The Morgan fingerprint density at radius 2 is 1.53 bits per heavy atom. The Kier molecular flexibility index (Phi) is 7.50. The normalized spacial score (nSPS) is 13.2. The van der Waals surface area contributed by atoms with E-state index in [-0.39, 0.29) is 16.2 Å². The van der Waals surface area contributed by atoms with Gasteiger partial charge in [0.1, 0.15) is 11.9 Å². The zero-order valence-electron chi connectivity index (χ0n) is 17.2. The third-order valence-corrected chi connectivity index (χ3v) is 6.23. The number of para-hydroxylation sites is 1. The highest BCUT2D eigenvalue weighted by molar-refractivity contribution is 7.91. The molecule has 0 unspecified atom stereocenters. The quantitative estimate of drug-likeness (QED) is 0.358. The third kappa shape index (κ3) is 6.00. The number of benzene rings is 2. The molecule has 0 saturated carbocycles. The van der Waals surface area contributed by atoms with Crippen molar-refractivity contribution in [1.82, 2.24) is 0 Å². The van der Waals surface area contributed by atoms with Crippen LogP contribution in [0.25, 0.3) is 0 Å². The van der Waals surface area contributed by atoms with Gasteiger partial charge in [-0.2, -0.15) is 0 Å². The van der Waals surface area contributed by atoms with Crippen molar-refractivity contribution < 1.29 is 32.3 Å². The molecule has 0 bridgehead atoms. The van der Waals surface area contributed by atoms with Gasteiger partial charge in [0.15, 0.2) is 15.6 Å². The molecule has 0 aliphatic heterocycles. The molecule has 0 aromatic heterocycles. The van der Waals surface area contributed by atoms with Crippen LogP contribution >= 0.6 is 0 Å². The third-order valence-electron chi connectivity index (χ3n) is 4.44. The van der Waals surface area contributed by atoms with E-state index in [1.54, 1.807) is 24.3 Å². The molecule has 0 heterocycles. The van der Waals surface area contributed by atoms with Crippen molar-refractivity contribution in [2.24, 2.45) is 5.92 Å². The van der Waals surface area contributed by atoms with Crippen LogP contribution < -0.4 is 4.74 Å². The van der Waals surface area contributed by atoms with E-state index in [0.29, 0.717) is 0 Å². The second kappa shape index (κ2) is 9.67. The second-order valence-corrected chi connectivity index (χ2v) is 9.00. The lowest BCUT2D eigenvalue weighted by atomic mass is 9.94. The fourth-order valence-electron chi connectivity index (χ4n) is 2.96. The van der Waals surface area contributed by atoms with E-state index in [9.17, 15) is 22.8 Å². The number of sulfone groups is 1. The number of ether oxygens (including phenoxy) is 2. The smallest absolute Gasteiger partial charge is 0.308 e. The molecule has 0 aliphatic carbocycles. The Balaban J connectivity index is 2.45. The van der Waals surface area contributed by atoms with Gasteiger partial charge in [-0.15, -0.1) is 0 Å². The number of hydrogen-bond donors (Lipinski definition) is 0. The first-order chi connectivity index (χ1) is 14.0. The fraction of sp³-hybridized carbons (Fsp3) is 0.318. The van der Waals surface area contributed by atoms with Gasteiger partial charge in [0.2, 0.25) is 0 Å². The molecule has 0 saturated heterocycles. The summed E-state index contributed by atoms with van der Waals surface area (Å²) in [5.74, 6) is -3.61. The second-order valence-electron chi connectivity index (χ2n) is 6.97. The maximum Gasteiger partial charge on any atom is 0.308 e. The Bertz CT molecular complexity index is 1040. The Labute approximate surface area is 175 Å². The first kappa shape index (κ1) is 23.3. The van der Waals surface area contributed by atoms with Crippen molar-refractivity contribution in [2.75, 3.05) is 5.75 Å². The predicted molar refractivity (Wildman–Crippen MR) is 110 cm³/mol. The van der Waals surface area contributed by atoms with Crippen LogP contribution in [-0.2, 0) is 24.2 Å². The molecule has 30 heavy (non-hydrogen) atoms. The first-order valence-electron chi connectivity index (χ1n) is 9.29. The number of aryl methyl sites for hydroxylation is 1. The average molecular weight is 432 g/mol. The maximum atomic E-state index is 13.3. The summed E-state index contributed by atoms with van der Waals surface area (Å²) >= 11 is 0. The van der Waals surface area contributed by atoms with Gasteiger partial charge in [-0.05, 0) is 38.1 Å². The molecular formula is C22H24O7S. The van der Waals surface area contributed by atoms with Crippen molar-refractivity contribution >= 4 is 27.6 Å². The number of ketones is 1. The molecular weight excluding hydrogens is 408 g/mol. The van der Waals surface area contributed by atoms with Gasteiger partial charge in [-0.1, -0.05) is 29.8 Å². The van der Waals surface area contributed by atoms with Gasteiger partial charge in [-0.3, -0.25) is 14.4 Å². The van der Waals surface area contributed by atoms with Gasteiger partial charge >= 0.3 is 11.9 Å². The van der Waals surface area contributed by atoms with Crippen LogP contribution in [0.3, 0.4) is 0 Å². The largest absolute Gasteiger partial charge is 0.462 e. The Morgan fingerprint density at radius 1 is 0.933 bits per heavy atom. The summed E-state index contributed by atoms with van der Waals surface area (Å²) in [6.07, 6.45) is -1.01. The van der Waals surface area contributed by atoms with E-state index >= 15 is 0 Å². The van der Waals surface area contributed by atoms with Crippen molar-refractivity contribution in [1.29, 1.82) is 0 Å². The van der Waals surface area contributed by atoms with Crippen LogP contribution in [-0.4, -0.2) is 38.0 Å². The van der Waals surface area contributed by atoms with Gasteiger partial charge < -0.3 is 9.47 Å². The number of carbonyl (C=O) groups is 3. The van der Waals surface area contributed by atoms with Crippen LogP contribution in [0.1, 0.15) is 36.7 Å². The standard InChI is InChI=1S/C22H24O7S/c1-14-9-11-18(12-10-14)30(26,27)13-20(15(2)28-16(3)23)22(25)19-7-5-6-8-21(19)29-17(4)24/h5-12,15,20H,13H2,1-4H3/t15-,20+/m1/s1. The van der Waals surface area contributed by atoms with Gasteiger partial charge in [0, 0.05) is 13.8 Å². The summed E-state index contributed by atoms with van der Waals surface area (Å²) in [7, 11) is -3.87. The van der Waals surface area contributed by atoms with Gasteiger partial charge in [0.25, 0.3) is 0 Å². The van der Waals surface area contributed by atoms with Crippen molar-refractivity contribution in [3.63, 3.8) is 0 Å². The highest BCUT2D eigenvalue weighted by Gasteiger charge is 2.35. The molecule has 0 N–H and O–H groups in total. The molecule has 7 nitrogen and oxygen atoms in total. The van der Waals surface area contributed by atoms with E-state index in [1.807, 2.05) is 6.92 Å². The lowest BCUT2D eigenvalue weighted by Crippen LogP contribution is -2.35. The van der Waals surface area contributed by atoms with Crippen LogP contribution in [0, 0.1) is 12.8 Å². The van der Waals surface area contributed by atoms with E-state index in [4.69, 9.17) is 9.47 Å². The highest BCUT2D eigenvalue weighted by atomic mass is 32.2. The van der Waals surface area contributed by atoms with E-state index in [0.717, 1.165) is 5.56 Å². The minimum atomic E-state index is -3.87. The van der Waals surface area contributed by atoms with Gasteiger partial charge in [0.05, 0.1) is 22.1 Å². The monoisotopic (exact) mass is 432 g/mol. The molecule has 2 aromatic carbocycles. The van der Waals surface area contributed by atoms with E-state index < -0.39 is 45.3 Å². The van der Waals surface area contributed by atoms with Gasteiger partial charge in [-0.25, -0.2) is 8.42 Å². The molecule has 160 valence electrons. The van der Waals surface area contributed by atoms with Crippen LogP contribution in [0.4, 0.5) is 0 Å². The van der Waals surface area contributed by atoms with Crippen LogP contribution in [0.5, 0.6) is 5.75 Å². The summed E-state index contributed by atoms with van der Waals surface area (Å²) in [6.45, 7) is 5.67. The maximum absolute atomic E-state index is 13.3. The molecule has 0 fully saturated rings. The molecule has 2 aromatic rings. The summed E-state index contributed by atoms with van der Waals surface area (Å²) in [6, 6.07) is 12.3. The first-order valence-corrected chi connectivity index (χ1v) is 10.9. The SMILES string of the molecule is CC(=O)Oc1ccccc1C(=O)[C@@H](CS(=O)(=O)c1ccc(C)cc1)[C@@H](C)OC(C)=O. The van der Waals surface area contributed by atoms with Crippen LogP contribution in [0.2, 0.25) is 0 Å². The fourth-order valence-corrected chi connectivity index (χ4v) is 4.60. The molecule has 0 spiro atoms. The summed E-state index contributed by atoms with van der Waals surface area (Å²) in [5.41, 5.74) is 0.931. The number of esters is 2. The number of hydrogen-bond acceptors (Lipinski definition) is 7. The zero-order valence-corrected chi connectivity index (χ0v) is 18.1. The lowest BCUT2D eigenvalue weighted by molar-refractivity contribution is -0.146. The van der Waals surface area contributed by atoms with Crippen LogP contribution in [0.15, 0.2) is 53.4 Å².